The molecule has 4 heterocycles. The van der Waals surface area contributed by atoms with Gasteiger partial charge in [-0.3, -0.25) is 0 Å². The summed E-state index contributed by atoms with van der Waals surface area (Å²) < 4.78 is 46.3. The van der Waals surface area contributed by atoms with Crippen molar-refractivity contribution in [1.82, 2.24) is 49.4 Å². The van der Waals surface area contributed by atoms with Crippen molar-refractivity contribution in [1.29, 1.82) is 0 Å². The molecule has 0 N–H and O–H groups in total. The summed E-state index contributed by atoms with van der Waals surface area (Å²) in [7, 11) is 0. The van der Waals surface area contributed by atoms with Crippen LogP contribution in [-0.4, -0.2) is 49.4 Å². The van der Waals surface area contributed by atoms with E-state index in [0.29, 0.717) is 69.2 Å². The minimum Gasteiger partial charge on any atom is -0.308 e. The van der Waals surface area contributed by atoms with Crippen molar-refractivity contribution in [3.8, 4) is 73.8 Å². The molecule has 0 radical (unpaired) electrons. The number of hydrogen-bond acceptors (Lipinski definition) is 9. The van der Waals surface area contributed by atoms with Crippen molar-refractivity contribution in [2.24, 2.45) is 0 Å². The number of alkyl halides is 3. The van der Waals surface area contributed by atoms with Crippen molar-refractivity contribution in [3.63, 3.8) is 0 Å². The predicted molar refractivity (Wildman–Crippen MR) is 238 cm³/mol. The molecule has 0 aliphatic carbocycles. The van der Waals surface area contributed by atoms with E-state index in [2.05, 4.69) is 29.9 Å². The number of benzene rings is 6. The highest BCUT2D eigenvalue weighted by molar-refractivity contribution is 6.11. The lowest BCUT2D eigenvalue weighted by Crippen LogP contribution is -2.08. The number of aryl methyl sites for hydroxylation is 4. The highest BCUT2D eigenvalue weighted by Crippen LogP contribution is 2.43. The summed E-state index contributed by atoms with van der Waals surface area (Å²) >= 11 is 0. The first-order chi connectivity index (χ1) is 30.5. The lowest BCUT2D eigenvalue weighted by Gasteiger charge is -2.18. The smallest absolute Gasteiger partial charge is 0.308 e. The molecule has 13 heteroatoms. The molecule has 306 valence electrons. The normalized spacial score (nSPS) is 11.7. The molecule has 0 saturated heterocycles. The predicted octanol–water partition coefficient (Wildman–Crippen LogP) is 11.6. The molecule has 0 amide bonds. The number of aromatic nitrogens is 10. The minimum atomic E-state index is -4.61. The third kappa shape index (κ3) is 7.43. The maximum absolute atomic E-state index is 14.7. The highest BCUT2D eigenvalue weighted by Gasteiger charge is 2.34. The molecule has 63 heavy (non-hydrogen) atoms. The Balaban J connectivity index is 1.33. The van der Waals surface area contributed by atoms with Gasteiger partial charge < -0.3 is 4.57 Å². The van der Waals surface area contributed by atoms with Gasteiger partial charge in [0.15, 0.2) is 29.1 Å². The van der Waals surface area contributed by atoms with Crippen LogP contribution in [0.3, 0.4) is 0 Å². The fourth-order valence-corrected chi connectivity index (χ4v) is 8.03. The highest BCUT2D eigenvalue weighted by atomic mass is 19.4. The summed E-state index contributed by atoms with van der Waals surface area (Å²) in [6.07, 6.45) is -4.61. The summed E-state index contributed by atoms with van der Waals surface area (Å²) in [5.41, 5.74) is 5.15. The van der Waals surface area contributed by atoms with E-state index in [1.807, 2.05) is 129 Å². The Bertz CT molecular complexity index is 3180. The van der Waals surface area contributed by atoms with Gasteiger partial charge in [0, 0.05) is 38.6 Å². The van der Waals surface area contributed by atoms with Crippen molar-refractivity contribution < 1.29 is 13.2 Å². The molecular weight excluding hydrogens is 798 g/mol. The zero-order valence-electron chi connectivity index (χ0n) is 34.4. The molecule has 0 bridgehead atoms. The molecule has 0 saturated carbocycles. The summed E-state index contributed by atoms with van der Waals surface area (Å²) in [4.78, 5) is 42.6. The molecule has 10 rings (SSSR count). The first kappa shape index (κ1) is 39.1. The van der Waals surface area contributed by atoms with E-state index in [4.69, 9.17) is 15.0 Å². The van der Waals surface area contributed by atoms with Crippen molar-refractivity contribution in [2.45, 2.75) is 33.9 Å². The van der Waals surface area contributed by atoms with Gasteiger partial charge in [-0.25, -0.2) is 44.9 Å². The van der Waals surface area contributed by atoms with E-state index >= 15 is 0 Å². The van der Waals surface area contributed by atoms with Crippen LogP contribution in [0.15, 0.2) is 140 Å². The lowest BCUT2D eigenvalue weighted by molar-refractivity contribution is -0.137. The van der Waals surface area contributed by atoms with Gasteiger partial charge in [0.1, 0.15) is 23.3 Å². The van der Waals surface area contributed by atoms with Crippen LogP contribution in [0.5, 0.6) is 0 Å². The monoisotopic (exact) mass is 832 g/mol. The van der Waals surface area contributed by atoms with Crippen LogP contribution < -0.4 is 0 Å². The second kappa shape index (κ2) is 15.4. The Morgan fingerprint density at radius 1 is 0.365 bits per heavy atom. The summed E-state index contributed by atoms with van der Waals surface area (Å²) in [6.45, 7) is 7.27. The summed E-state index contributed by atoms with van der Waals surface area (Å²) in [6, 6.07) is 42.0. The fourth-order valence-electron chi connectivity index (χ4n) is 8.03. The van der Waals surface area contributed by atoms with Crippen LogP contribution in [0.4, 0.5) is 13.2 Å². The first-order valence-corrected chi connectivity index (χ1v) is 20.1. The maximum atomic E-state index is 14.7. The molecule has 0 atom stereocenters. The Hall–Kier alpha value is -8.06. The van der Waals surface area contributed by atoms with Crippen LogP contribution in [0.1, 0.15) is 28.9 Å². The van der Waals surface area contributed by atoms with Gasteiger partial charge in [0.2, 0.25) is 0 Å². The van der Waals surface area contributed by atoms with E-state index in [0.717, 1.165) is 50.1 Å². The first-order valence-electron chi connectivity index (χ1n) is 20.1. The maximum Gasteiger partial charge on any atom is 0.417 e. The number of fused-ring (bicyclic) bond motifs is 3. The number of nitrogens with zero attached hydrogens (tertiary/aromatic N) is 10. The molecule has 10 nitrogen and oxygen atoms in total. The Morgan fingerprint density at radius 2 is 0.794 bits per heavy atom. The number of hydrogen-bond donors (Lipinski definition) is 0. The van der Waals surface area contributed by atoms with E-state index in [1.165, 1.54) is 12.1 Å². The molecule has 0 aliphatic heterocycles. The topological polar surface area (TPSA) is 121 Å². The number of rotatable bonds is 7. The van der Waals surface area contributed by atoms with Crippen LogP contribution in [0.2, 0.25) is 0 Å². The van der Waals surface area contributed by atoms with Gasteiger partial charge >= 0.3 is 6.18 Å². The summed E-state index contributed by atoms with van der Waals surface area (Å²) in [5, 5.41) is 1.76. The average molecular weight is 833 g/mol. The molecular formula is C50H35F3N10. The molecule has 0 fully saturated rings. The second-order valence-electron chi connectivity index (χ2n) is 15.1. The van der Waals surface area contributed by atoms with E-state index in [1.54, 1.807) is 24.3 Å². The van der Waals surface area contributed by atoms with Crippen LogP contribution in [0.25, 0.3) is 95.6 Å². The van der Waals surface area contributed by atoms with Crippen LogP contribution >= 0.6 is 0 Å². The quantitative estimate of drug-likeness (QED) is 0.154. The van der Waals surface area contributed by atoms with Gasteiger partial charge in [0.25, 0.3) is 0 Å². The third-order valence-electron chi connectivity index (χ3n) is 10.7. The van der Waals surface area contributed by atoms with Crippen LogP contribution in [-0.2, 0) is 6.18 Å². The van der Waals surface area contributed by atoms with E-state index in [-0.39, 0.29) is 5.56 Å². The molecule has 0 aliphatic rings. The van der Waals surface area contributed by atoms with Gasteiger partial charge in [-0.15, -0.1) is 0 Å². The SMILES string of the molecule is Cc1nc(C)nc(-c2ccc3c4ccc(-c5nc(C)nc(C)n5)cc4n(-c4cc(-c5ccccc5C(F)(F)F)ccc4-c4nc(-c5ccccc5)nc(-c5ccccc5)n4)c3c2)n1. The van der Waals surface area contributed by atoms with Gasteiger partial charge in [0.05, 0.1) is 22.3 Å². The Morgan fingerprint density at radius 3 is 1.29 bits per heavy atom. The largest absolute Gasteiger partial charge is 0.417 e. The lowest BCUT2D eigenvalue weighted by atomic mass is 9.96. The Labute approximate surface area is 359 Å². The fraction of sp³-hybridized carbons (Fsp3) is 0.100. The van der Waals surface area contributed by atoms with Gasteiger partial charge in [-0.05, 0) is 69.2 Å². The zero-order valence-corrected chi connectivity index (χ0v) is 34.4. The van der Waals surface area contributed by atoms with E-state index in [9.17, 15) is 13.2 Å². The molecule has 0 spiro atoms. The Kier molecular flexibility index (Phi) is 9.58. The van der Waals surface area contributed by atoms with E-state index < -0.39 is 11.7 Å². The van der Waals surface area contributed by atoms with Gasteiger partial charge in [-0.1, -0.05) is 109 Å². The molecule has 0 unspecified atom stereocenters. The third-order valence-corrected chi connectivity index (χ3v) is 10.7. The summed E-state index contributed by atoms with van der Waals surface area (Å²) in [5.74, 6) is 4.45. The van der Waals surface area contributed by atoms with Crippen molar-refractivity contribution in [2.75, 3.05) is 0 Å². The van der Waals surface area contributed by atoms with Gasteiger partial charge in [-0.2, -0.15) is 13.2 Å². The number of halogens is 3. The second-order valence-corrected chi connectivity index (χ2v) is 15.1. The van der Waals surface area contributed by atoms with Crippen molar-refractivity contribution >= 4 is 21.8 Å². The molecule has 10 aromatic rings. The molecule has 6 aromatic carbocycles. The van der Waals surface area contributed by atoms with Crippen molar-refractivity contribution in [3.05, 3.63) is 168 Å². The standard InChI is InChI=1S/C50H35F3N10/c1-28-54-29(2)57-47(56-28)35-20-22-38-39-23-21-36(48-58-30(3)55-31(4)59-48)27-43(39)63(42(38)26-35)44-25-34(37-17-11-12-18-41(37)50(51,52)53)19-24-40(44)49-61-45(32-13-7-5-8-14-32)60-46(62-49)33-15-9-6-10-16-33/h5-27H,1-4H3. The molecule has 4 aromatic heterocycles. The zero-order chi connectivity index (χ0) is 43.4. The minimum absolute atomic E-state index is 0.0258. The average Bonchev–Trinajstić information content (AvgIpc) is 3.61. The van der Waals surface area contributed by atoms with Crippen LogP contribution in [0, 0.1) is 27.7 Å².